The number of carbonyl (C=O) groups excluding carboxylic acids is 2. The molecule has 0 spiro atoms. The first-order chi connectivity index (χ1) is 12.6. The van der Waals surface area contributed by atoms with E-state index in [0.717, 1.165) is 0 Å². The lowest BCUT2D eigenvalue weighted by Crippen LogP contribution is -2.49. The van der Waals surface area contributed by atoms with E-state index in [-0.39, 0.29) is 24.3 Å². The molecule has 2 heterocycles. The summed E-state index contributed by atoms with van der Waals surface area (Å²) >= 11 is 0. The summed E-state index contributed by atoms with van der Waals surface area (Å²) < 4.78 is 44.7. The summed E-state index contributed by atoms with van der Waals surface area (Å²) in [4.78, 5) is 26.1. The topological polar surface area (TPSA) is 62.6 Å². The zero-order chi connectivity index (χ0) is 19.8. The van der Waals surface area contributed by atoms with E-state index in [0.29, 0.717) is 5.69 Å². The van der Waals surface area contributed by atoms with Crippen LogP contribution in [0.3, 0.4) is 0 Å². The van der Waals surface area contributed by atoms with E-state index in [1.165, 1.54) is 43.2 Å². The highest BCUT2D eigenvalue weighted by Crippen LogP contribution is 2.45. The molecule has 1 N–H and O–H groups in total. The number of carbonyl (C=O) groups is 2. The third kappa shape index (κ3) is 3.70. The van der Waals surface area contributed by atoms with Gasteiger partial charge >= 0.3 is 6.18 Å². The first-order valence-electron chi connectivity index (χ1n) is 8.44. The SMILES string of the molecule is CC1(C)[C@@H](C(F)(F)F)CCN1C(=O)c1cccc(NC(=O)c2ccco2)c1. The van der Waals surface area contributed by atoms with Crippen LogP contribution in [0.4, 0.5) is 18.9 Å². The number of nitrogens with zero attached hydrogens (tertiary/aromatic N) is 1. The van der Waals surface area contributed by atoms with Gasteiger partial charge in [0.05, 0.1) is 12.2 Å². The maximum absolute atomic E-state index is 13.2. The number of anilines is 1. The van der Waals surface area contributed by atoms with Gasteiger partial charge in [-0.1, -0.05) is 6.07 Å². The molecule has 1 aliphatic rings. The minimum atomic E-state index is -4.36. The molecular formula is C19H19F3N2O3. The summed E-state index contributed by atoms with van der Waals surface area (Å²) in [5.74, 6) is -2.44. The fourth-order valence-electron chi connectivity index (χ4n) is 3.50. The second-order valence-corrected chi connectivity index (χ2v) is 7.01. The minimum absolute atomic E-state index is 0.0268. The van der Waals surface area contributed by atoms with E-state index in [1.807, 2.05) is 0 Å². The molecule has 1 aromatic heterocycles. The summed E-state index contributed by atoms with van der Waals surface area (Å²) in [7, 11) is 0. The molecule has 0 saturated carbocycles. The van der Waals surface area contributed by atoms with Crippen molar-refractivity contribution in [3.8, 4) is 0 Å². The molecule has 1 aliphatic heterocycles. The maximum Gasteiger partial charge on any atom is 0.394 e. The smallest absolute Gasteiger partial charge is 0.394 e. The molecule has 27 heavy (non-hydrogen) atoms. The monoisotopic (exact) mass is 380 g/mol. The van der Waals surface area contributed by atoms with Crippen LogP contribution in [-0.4, -0.2) is 35.0 Å². The van der Waals surface area contributed by atoms with Crippen molar-refractivity contribution in [2.24, 2.45) is 5.92 Å². The Morgan fingerprint density at radius 3 is 2.56 bits per heavy atom. The van der Waals surface area contributed by atoms with Crippen LogP contribution >= 0.6 is 0 Å². The van der Waals surface area contributed by atoms with Crippen LogP contribution in [0.2, 0.25) is 0 Å². The van der Waals surface area contributed by atoms with Gasteiger partial charge in [-0.15, -0.1) is 0 Å². The number of amides is 2. The van der Waals surface area contributed by atoms with E-state index in [9.17, 15) is 22.8 Å². The summed E-state index contributed by atoms with van der Waals surface area (Å²) in [5.41, 5.74) is -0.780. The van der Waals surface area contributed by atoms with Crippen molar-refractivity contribution < 1.29 is 27.2 Å². The molecule has 1 atom stereocenters. The van der Waals surface area contributed by atoms with Gasteiger partial charge in [0.15, 0.2) is 5.76 Å². The van der Waals surface area contributed by atoms with Crippen LogP contribution in [0.1, 0.15) is 41.2 Å². The third-order valence-electron chi connectivity index (χ3n) is 4.94. The highest BCUT2D eigenvalue weighted by molar-refractivity contribution is 6.03. The van der Waals surface area contributed by atoms with Crippen molar-refractivity contribution in [2.75, 3.05) is 11.9 Å². The summed E-state index contributed by atoms with van der Waals surface area (Å²) in [5, 5.41) is 2.60. The molecule has 2 amide bonds. The maximum atomic E-state index is 13.2. The second kappa shape index (κ2) is 6.75. The lowest BCUT2D eigenvalue weighted by molar-refractivity contribution is -0.189. The zero-order valence-corrected chi connectivity index (χ0v) is 14.8. The average Bonchev–Trinajstić information content (AvgIpc) is 3.21. The van der Waals surface area contributed by atoms with Crippen LogP contribution in [0.25, 0.3) is 0 Å². The van der Waals surface area contributed by atoms with Crippen molar-refractivity contribution in [3.63, 3.8) is 0 Å². The molecule has 1 saturated heterocycles. The van der Waals surface area contributed by atoms with Crippen LogP contribution in [-0.2, 0) is 0 Å². The Bertz CT molecular complexity index is 844. The lowest BCUT2D eigenvalue weighted by Gasteiger charge is -2.36. The molecule has 0 bridgehead atoms. The van der Waals surface area contributed by atoms with Crippen molar-refractivity contribution in [1.29, 1.82) is 0 Å². The van der Waals surface area contributed by atoms with Crippen LogP contribution in [0.5, 0.6) is 0 Å². The number of furan rings is 1. The van der Waals surface area contributed by atoms with Gasteiger partial charge in [-0.2, -0.15) is 13.2 Å². The molecule has 5 nitrogen and oxygen atoms in total. The van der Waals surface area contributed by atoms with E-state index >= 15 is 0 Å². The fourth-order valence-corrected chi connectivity index (χ4v) is 3.50. The molecule has 1 fully saturated rings. The fraction of sp³-hybridized carbons (Fsp3) is 0.368. The number of benzene rings is 1. The number of nitrogens with one attached hydrogen (secondary N) is 1. The highest BCUT2D eigenvalue weighted by atomic mass is 19.4. The number of likely N-dealkylation sites (tertiary alicyclic amines) is 1. The van der Waals surface area contributed by atoms with E-state index in [2.05, 4.69) is 5.32 Å². The van der Waals surface area contributed by atoms with E-state index < -0.39 is 29.4 Å². The predicted octanol–water partition coefficient (Wildman–Crippen LogP) is 4.33. The number of halogens is 3. The first-order valence-corrected chi connectivity index (χ1v) is 8.44. The van der Waals surface area contributed by atoms with Crippen molar-refractivity contribution in [3.05, 3.63) is 54.0 Å². The summed E-state index contributed by atoms with van der Waals surface area (Å²) in [6, 6.07) is 9.18. The standard InChI is InChI=1S/C19H19F3N2O3/c1-18(2)15(19(20,21)22)8-9-24(18)17(26)12-5-3-6-13(11-12)23-16(25)14-7-4-10-27-14/h3-7,10-11,15H,8-9H2,1-2H3,(H,23,25)/t15-/m0/s1. The predicted molar refractivity (Wildman–Crippen MR) is 92.4 cm³/mol. The molecule has 1 aromatic carbocycles. The van der Waals surface area contributed by atoms with Gasteiger partial charge < -0.3 is 14.6 Å². The van der Waals surface area contributed by atoms with Gasteiger partial charge in [-0.05, 0) is 50.6 Å². The Kier molecular flexibility index (Phi) is 4.75. The Hall–Kier alpha value is -2.77. The van der Waals surface area contributed by atoms with Crippen molar-refractivity contribution in [1.82, 2.24) is 4.90 Å². The molecule has 0 unspecified atom stereocenters. The number of hydrogen-bond acceptors (Lipinski definition) is 3. The summed E-state index contributed by atoms with van der Waals surface area (Å²) in [6.45, 7) is 2.89. The quantitative estimate of drug-likeness (QED) is 0.862. The van der Waals surface area contributed by atoms with E-state index in [4.69, 9.17) is 4.42 Å². The van der Waals surface area contributed by atoms with Gasteiger partial charge in [0.1, 0.15) is 0 Å². The number of alkyl halides is 3. The number of rotatable bonds is 3. The van der Waals surface area contributed by atoms with Crippen LogP contribution in [0, 0.1) is 5.92 Å². The van der Waals surface area contributed by atoms with Gasteiger partial charge in [0.2, 0.25) is 0 Å². The lowest BCUT2D eigenvalue weighted by atomic mass is 9.87. The van der Waals surface area contributed by atoms with Gasteiger partial charge in [-0.25, -0.2) is 0 Å². The molecule has 0 radical (unpaired) electrons. The summed E-state index contributed by atoms with van der Waals surface area (Å²) in [6.07, 6.45) is -3.13. The van der Waals surface area contributed by atoms with Crippen LogP contribution < -0.4 is 5.32 Å². The van der Waals surface area contributed by atoms with Crippen molar-refractivity contribution >= 4 is 17.5 Å². The molecule has 0 aliphatic carbocycles. The normalized spacial score (nSPS) is 19.1. The molecule has 8 heteroatoms. The molecular weight excluding hydrogens is 361 g/mol. The van der Waals surface area contributed by atoms with Gasteiger partial charge in [-0.3, -0.25) is 9.59 Å². The van der Waals surface area contributed by atoms with Crippen LogP contribution in [0.15, 0.2) is 47.1 Å². The Morgan fingerprint density at radius 2 is 1.96 bits per heavy atom. The second-order valence-electron chi connectivity index (χ2n) is 7.01. The average molecular weight is 380 g/mol. The van der Waals surface area contributed by atoms with Crippen molar-refractivity contribution in [2.45, 2.75) is 32.0 Å². The third-order valence-corrected chi connectivity index (χ3v) is 4.94. The molecule has 144 valence electrons. The Labute approximate surface area is 154 Å². The van der Waals surface area contributed by atoms with E-state index in [1.54, 1.807) is 18.2 Å². The highest BCUT2D eigenvalue weighted by Gasteiger charge is 2.56. The number of hydrogen-bond donors (Lipinski definition) is 1. The zero-order valence-electron chi connectivity index (χ0n) is 14.8. The minimum Gasteiger partial charge on any atom is -0.459 e. The Morgan fingerprint density at radius 1 is 1.22 bits per heavy atom. The van der Waals surface area contributed by atoms with Gasteiger partial charge in [0, 0.05) is 23.3 Å². The molecule has 2 aromatic rings. The van der Waals surface area contributed by atoms with Gasteiger partial charge in [0.25, 0.3) is 11.8 Å². The largest absolute Gasteiger partial charge is 0.459 e. The first kappa shape index (κ1) is 19.0. The Balaban J connectivity index is 1.79. The molecule has 3 rings (SSSR count).